The molecule has 2 heterocycles. The van der Waals surface area contributed by atoms with E-state index in [-0.39, 0.29) is 12.4 Å². The summed E-state index contributed by atoms with van der Waals surface area (Å²) in [6, 6.07) is 4.61. The first-order valence-electron chi connectivity index (χ1n) is 11.7. The summed E-state index contributed by atoms with van der Waals surface area (Å²) in [6.45, 7) is 19.1. The van der Waals surface area contributed by atoms with Crippen LogP contribution in [-0.2, 0) is 0 Å². The second-order valence-electron chi connectivity index (χ2n) is 11.0. The van der Waals surface area contributed by atoms with Gasteiger partial charge in [0.15, 0.2) is 11.5 Å². The summed E-state index contributed by atoms with van der Waals surface area (Å²) in [7, 11) is 0. The minimum atomic E-state index is 0. The van der Waals surface area contributed by atoms with E-state index in [0.29, 0.717) is 30.0 Å². The average Bonchev–Trinajstić information content (AvgIpc) is 2.65. The molecule has 0 spiro atoms. The molecule has 4 nitrogen and oxygen atoms in total. The van der Waals surface area contributed by atoms with Gasteiger partial charge in [-0.05, 0) is 60.6 Å². The quantitative estimate of drug-likeness (QED) is 0.601. The van der Waals surface area contributed by atoms with Crippen LogP contribution in [-0.4, -0.2) is 50.8 Å². The summed E-state index contributed by atoms with van der Waals surface area (Å²) >= 11 is 0. The molecule has 1 aromatic rings. The van der Waals surface area contributed by atoms with Crippen molar-refractivity contribution in [3.8, 4) is 11.5 Å². The first-order valence-corrected chi connectivity index (χ1v) is 11.7. The second-order valence-corrected chi connectivity index (χ2v) is 11.0. The number of ether oxygens (including phenoxy) is 2. The Morgan fingerprint density at radius 1 is 0.900 bits per heavy atom. The van der Waals surface area contributed by atoms with Crippen LogP contribution in [0.25, 0.3) is 0 Å². The fraction of sp³-hybridized carbons (Fsp3) is 0.760. The highest BCUT2D eigenvalue weighted by atomic mass is 35.5. The van der Waals surface area contributed by atoms with Gasteiger partial charge in [0.05, 0.1) is 0 Å². The molecular formula is C25H41ClN2O2. The normalized spacial score (nSPS) is 23.7. The van der Waals surface area contributed by atoms with Crippen LogP contribution in [0.15, 0.2) is 12.1 Å². The van der Waals surface area contributed by atoms with Gasteiger partial charge in [0.1, 0.15) is 13.2 Å². The molecule has 0 N–H and O–H groups in total. The number of fused-ring (bicyclic) bond motifs is 1. The Labute approximate surface area is 189 Å². The van der Waals surface area contributed by atoms with Crippen LogP contribution in [0.2, 0.25) is 0 Å². The smallest absolute Gasteiger partial charge is 0.163 e. The number of hydrogen-bond acceptors (Lipinski definition) is 4. The molecule has 2 fully saturated rings. The first kappa shape index (κ1) is 23.5. The van der Waals surface area contributed by atoms with Crippen molar-refractivity contribution in [2.24, 2.45) is 10.8 Å². The Balaban J connectivity index is 0.00000256. The van der Waals surface area contributed by atoms with Crippen molar-refractivity contribution in [3.05, 3.63) is 17.7 Å². The van der Waals surface area contributed by atoms with E-state index in [1.807, 2.05) is 0 Å². The third kappa shape index (κ3) is 5.19. The van der Waals surface area contributed by atoms with Gasteiger partial charge in [-0.2, -0.15) is 0 Å². The number of rotatable bonds is 4. The molecule has 1 saturated carbocycles. The maximum Gasteiger partial charge on any atom is 0.163 e. The molecule has 5 heteroatoms. The minimum absolute atomic E-state index is 0. The number of nitrogens with zero attached hydrogens (tertiary/aromatic N) is 2. The van der Waals surface area contributed by atoms with Crippen LogP contribution in [0.3, 0.4) is 0 Å². The van der Waals surface area contributed by atoms with Gasteiger partial charge in [0.2, 0.25) is 0 Å². The van der Waals surface area contributed by atoms with Crippen LogP contribution < -0.4 is 14.4 Å². The van der Waals surface area contributed by atoms with Crippen LogP contribution in [0.5, 0.6) is 11.5 Å². The second kappa shape index (κ2) is 9.16. The molecule has 0 bridgehead atoms. The summed E-state index contributed by atoms with van der Waals surface area (Å²) in [6.07, 6.45) is 5.03. The maximum absolute atomic E-state index is 6.00. The van der Waals surface area contributed by atoms with E-state index in [1.54, 1.807) is 0 Å². The molecule has 30 heavy (non-hydrogen) atoms. The number of halogens is 1. The lowest BCUT2D eigenvalue weighted by atomic mass is 9.60. The first-order chi connectivity index (χ1) is 13.8. The fourth-order valence-electron chi connectivity index (χ4n) is 6.29. The molecule has 3 aliphatic rings. The molecule has 1 aromatic carbocycles. The van der Waals surface area contributed by atoms with Crippen molar-refractivity contribution in [1.29, 1.82) is 0 Å². The zero-order valence-electron chi connectivity index (χ0n) is 19.6. The van der Waals surface area contributed by atoms with Crippen LogP contribution >= 0.6 is 12.4 Å². The number of hydrogen-bond donors (Lipinski definition) is 0. The lowest BCUT2D eigenvalue weighted by molar-refractivity contribution is 0.0966. The summed E-state index contributed by atoms with van der Waals surface area (Å²) in [4.78, 5) is 5.20. The monoisotopic (exact) mass is 436 g/mol. The van der Waals surface area contributed by atoms with E-state index in [4.69, 9.17) is 9.47 Å². The molecule has 0 atom stereocenters. The largest absolute Gasteiger partial charge is 0.486 e. The molecule has 0 amide bonds. The molecule has 170 valence electrons. The highest BCUT2D eigenvalue weighted by Gasteiger charge is 2.40. The molecule has 1 aliphatic carbocycles. The fourth-order valence-corrected chi connectivity index (χ4v) is 6.29. The summed E-state index contributed by atoms with van der Waals surface area (Å²) in [5, 5.41) is 0. The Morgan fingerprint density at radius 3 is 2.03 bits per heavy atom. The van der Waals surface area contributed by atoms with Gasteiger partial charge < -0.3 is 14.4 Å². The Bertz CT molecular complexity index is 710. The summed E-state index contributed by atoms with van der Waals surface area (Å²) < 4.78 is 12.0. The van der Waals surface area contributed by atoms with Crippen molar-refractivity contribution in [1.82, 2.24) is 4.90 Å². The number of piperazine rings is 1. The molecule has 1 saturated heterocycles. The standard InChI is InChI=1S/C25H40N2O2.ClH/c1-6-7-26-8-10-27(11-9-26)21-15-23-22(28-12-13-29-23)14-20(21)19-16-24(2,3)18-25(4,5)17-19;/h14-15,19H,6-13,16-18H2,1-5H3;1H. The predicted octanol–water partition coefficient (Wildman–Crippen LogP) is 5.73. The molecule has 4 rings (SSSR count). The molecule has 2 aliphatic heterocycles. The Hall–Kier alpha value is -1.13. The van der Waals surface area contributed by atoms with E-state index in [9.17, 15) is 0 Å². The highest BCUT2D eigenvalue weighted by molar-refractivity contribution is 5.85. The minimum Gasteiger partial charge on any atom is -0.486 e. The van der Waals surface area contributed by atoms with E-state index < -0.39 is 0 Å². The van der Waals surface area contributed by atoms with Crippen molar-refractivity contribution in [2.45, 2.75) is 66.2 Å². The van der Waals surface area contributed by atoms with E-state index in [2.05, 4.69) is 56.6 Å². The summed E-state index contributed by atoms with van der Waals surface area (Å²) in [5.74, 6) is 2.45. The predicted molar refractivity (Wildman–Crippen MR) is 128 cm³/mol. The topological polar surface area (TPSA) is 24.9 Å². The Morgan fingerprint density at radius 2 is 1.47 bits per heavy atom. The van der Waals surface area contributed by atoms with Gasteiger partial charge in [-0.15, -0.1) is 12.4 Å². The van der Waals surface area contributed by atoms with E-state index >= 15 is 0 Å². The molecule has 0 unspecified atom stereocenters. The van der Waals surface area contributed by atoms with Crippen LogP contribution in [0, 0.1) is 10.8 Å². The van der Waals surface area contributed by atoms with Gasteiger partial charge in [0.25, 0.3) is 0 Å². The van der Waals surface area contributed by atoms with Gasteiger partial charge >= 0.3 is 0 Å². The highest BCUT2D eigenvalue weighted by Crippen LogP contribution is 2.54. The Kier molecular flexibility index (Phi) is 7.18. The van der Waals surface area contributed by atoms with E-state index in [1.165, 1.54) is 43.5 Å². The maximum atomic E-state index is 6.00. The van der Waals surface area contributed by atoms with Crippen LogP contribution in [0.1, 0.15) is 71.8 Å². The van der Waals surface area contributed by atoms with Crippen molar-refractivity contribution < 1.29 is 9.47 Å². The van der Waals surface area contributed by atoms with Gasteiger partial charge in [0, 0.05) is 37.9 Å². The third-order valence-corrected chi connectivity index (χ3v) is 6.94. The zero-order valence-corrected chi connectivity index (χ0v) is 20.4. The van der Waals surface area contributed by atoms with Crippen LogP contribution in [0.4, 0.5) is 5.69 Å². The van der Waals surface area contributed by atoms with Crippen molar-refractivity contribution >= 4 is 18.1 Å². The lowest BCUT2D eigenvalue weighted by Gasteiger charge is -2.46. The van der Waals surface area contributed by atoms with Gasteiger partial charge in [-0.1, -0.05) is 34.6 Å². The van der Waals surface area contributed by atoms with E-state index in [0.717, 1.165) is 37.7 Å². The third-order valence-electron chi connectivity index (χ3n) is 6.94. The molecular weight excluding hydrogens is 396 g/mol. The SMILES string of the molecule is CCCN1CCN(c2cc3c(cc2C2CC(C)(C)CC(C)(C)C2)OCCO3)CC1.Cl. The van der Waals surface area contributed by atoms with Crippen molar-refractivity contribution in [3.63, 3.8) is 0 Å². The zero-order chi connectivity index (χ0) is 20.6. The molecule has 0 aromatic heterocycles. The average molecular weight is 437 g/mol. The summed E-state index contributed by atoms with van der Waals surface area (Å²) in [5.41, 5.74) is 3.62. The van der Waals surface area contributed by atoms with Gasteiger partial charge in [-0.3, -0.25) is 4.90 Å². The number of anilines is 1. The van der Waals surface area contributed by atoms with Gasteiger partial charge in [-0.25, -0.2) is 0 Å². The number of benzene rings is 1. The lowest BCUT2D eigenvalue weighted by Crippen LogP contribution is -2.47. The molecule has 0 radical (unpaired) electrons. The van der Waals surface area contributed by atoms with Crippen molar-refractivity contribution in [2.75, 3.05) is 50.8 Å².